The van der Waals surface area contributed by atoms with Crippen molar-refractivity contribution in [2.24, 2.45) is 4.99 Å². The van der Waals surface area contributed by atoms with Crippen LogP contribution in [0.2, 0.25) is 5.02 Å². The van der Waals surface area contributed by atoms with Crippen LogP contribution in [0.5, 0.6) is 0 Å². The topological polar surface area (TPSA) is 41.9 Å². The highest BCUT2D eigenvalue weighted by Crippen LogP contribution is 2.19. The highest BCUT2D eigenvalue weighted by atomic mass is 35.5. The maximum atomic E-state index is 12.8. The molecule has 0 saturated heterocycles. The van der Waals surface area contributed by atoms with Crippen LogP contribution in [0.1, 0.15) is 25.8 Å². The molecule has 23 heavy (non-hydrogen) atoms. The van der Waals surface area contributed by atoms with Gasteiger partial charge in [-0.15, -0.1) is 0 Å². The number of hydrogen-bond donors (Lipinski definition) is 0. The summed E-state index contributed by atoms with van der Waals surface area (Å²) in [6.07, 6.45) is 2.67. The van der Waals surface area contributed by atoms with Crippen molar-refractivity contribution in [2.75, 3.05) is 26.3 Å². The van der Waals surface area contributed by atoms with Crippen molar-refractivity contribution in [1.29, 1.82) is 0 Å². The first kappa shape index (κ1) is 17.7. The number of carbonyl (C=O) groups excluding carboxylic acids is 1. The van der Waals surface area contributed by atoms with Gasteiger partial charge >= 0.3 is 0 Å². The molecule has 0 N–H and O–H groups in total. The van der Waals surface area contributed by atoms with Crippen LogP contribution in [-0.4, -0.2) is 42.8 Å². The second-order valence-electron chi connectivity index (χ2n) is 5.50. The molecule has 0 unspecified atom stereocenters. The van der Waals surface area contributed by atoms with E-state index >= 15 is 0 Å². The van der Waals surface area contributed by atoms with Crippen molar-refractivity contribution in [3.05, 3.63) is 46.5 Å². The van der Waals surface area contributed by atoms with Crippen LogP contribution < -0.4 is 0 Å². The predicted molar refractivity (Wildman–Crippen MR) is 94.0 cm³/mol. The van der Waals surface area contributed by atoms with Crippen LogP contribution in [0.15, 0.2) is 40.9 Å². The van der Waals surface area contributed by atoms with Gasteiger partial charge in [0.1, 0.15) is 0 Å². The molecule has 1 aliphatic heterocycles. The molecule has 1 aromatic carbocycles. The fourth-order valence-corrected chi connectivity index (χ4v) is 2.67. The van der Waals surface area contributed by atoms with Gasteiger partial charge in [0, 0.05) is 42.6 Å². The molecule has 0 atom stereocenters. The number of amides is 1. The third kappa shape index (κ3) is 5.19. The zero-order valence-corrected chi connectivity index (χ0v) is 14.5. The van der Waals surface area contributed by atoms with E-state index in [1.54, 1.807) is 0 Å². The van der Waals surface area contributed by atoms with Gasteiger partial charge in [-0.2, -0.15) is 0 Å². The molecule has 1 aliphatic rings. The summed E-state index contributed by atoms with van der Waals surface area (Å²) >= 11 is 6.24. The second-order valence-corrected chi connectivity index (χ2v) is 5.90. The van der Waals surface area contributed by atoms with Gasteiger partial charge in [0.2, 0.25) is 0 Å². The molecule has 4 nitrogen and oxygen atoms in total. The highest BCUT2D eigenvalue weighted by Gasteiger charge is 2.21. The molecule has 0 saturated carbocycles. The summed E-state index contributed by atoms with van der Waals surface area (Å²) in [7, 11) is 0. The van der Waals surface area contributed by atoms with E-state index in [1.807, 2.05) is 49.1 Å². The van der Waals surface area contributed by atoms with Gasteiger partial charge in [0.15, 0.2) is 0 Å². The summed E-state index contributed by atoms with van der Waals surface area (Å²) in [5.74, 6) is 0.0296. The number of ether oxygens (including phenoxy) is 1. The van der Waals surface area contributed by atoms with Crippen LogP contribution in [0.3, 0.4) is 0 Å². The summed E-state index contributed by atoms with van der Waals surface area (Å²) in [4.78, 5) is 18.9. The van der Waals surface area contributed by atoms with Crippen molar-refractivity contribution < 1.29 is 9.53 Å². The molecular weight excluding hydrogens is 312 g/mol. The number of halogens is 1. The van der Waals surface area contributed by atoms with E-state index in [4.69, 9.17) is 16.3 Å². The number of allylic oxidation sites excluding steroid dienone is 1. The first-order valence-corrected chi connectivity index (χ1v) is 8.31. The lowest BCUT2D eigenvalue weighted by Crippen LogP contribution is -2.33. The minimum atomic E-state index is 0.0296. The van der Waals surface area contributed by atoms with E-state index in [0.717, 1.165) is 23.3 Å². The Labute approximate surface area is 142 Å². The van der Waals surface area contributed by atoms with Crippen molar-refractivity contribution >= 4 is 23.2 Å². The smallest absolute Gasteiger partial charge is 0.252 e. The summed E-state index contributed by atoms with van der Waals surface area (Å²) in [6.45, 7) is 6.83. The minimum Gasteiger partial charge on any atom is -0.382 e. The average Bonchev–Trinajstić information content (AvgIpc) is 2.98. The van der Waals surface area contributed by atoms with Gasteiger partial charge in [-0.25, -0.2) is 0 Å². The predicted octanol–water partition coefficient (Wildman–Crippen LogP) is 3.50. The summed E-state index contributed by atoms with van der Waals surface area (Å²) < 4.78 is 5.38. The van der Waals surface area contributed by atoms with E-state index in [0.29, 0.717) is 37.9 Å². The molecule has 1 amide bonds. The van der Waals surface area contributed by atoms with Gasteiger partial charge in [-0.3, -0.25) is 9.79 Å². The van der Waals surface area contributed by atoms with Crippen LogP contribution in [0.4, 0.5) is 0 Å². The molecule has 124 valence electrons. The van der Waals surface area contributed by atoms with Crippen LogP contribution >= 0.6 is 11.6 Å². The van der Waals surface area contributed by atoms with Gasteiger partial charge in [-0.05, 0) is 38.0 Å². The van der Waals surface area contributed by atoms with Gasteiger partial charge in [0.25, 0.3) is 5.91 Å². The molecule has 0 spiro atoms. The fraction of sp³-hybridized carbons (Fsp3) is 0.444. The Kier molecular flexibility index (Phi) is 6.81. The summed E-state index contributed by atoms with van der Waals surface area (Å²) in [6, 6.07) is 7.63. The summed E-state index contributed by atoms with van der Waals surface area (Å²) in [5, 5.41) is 0.683. The Morgan fingerprint density at radius 3 is 2.83 bits per heavy atom. The third-order valence-electron chi connectivity index (χ3n) is 3.68. The van der Waals surface area contributed by atoms with Crippen molar-refractivity contribution in [1.82, 2.24) is 4.90 Å². The zero-order chi connectivity index (χ0) is 16.7. The number of benzene rings is 1. The molecule has 0 aliphatic carbocycles. The van der Waals surface area contributed by atoms with E-state index in [1.165, 1.54) is 0 Å². The Morgan fingerprint density at radius 2 is 2.17 bits per heavy atom. The molecule has 5 heteroatoms. The molecule has 1 heterocycles. The van der Waals surface area contributed by atoms with E-state index in [9.17, 15) is 4.79 Å². The molecule has 0 radical (unpaired) electrons. The minimum absolute atomic E-state index is 0.0296. The third-order valence-corrected chi connectivity index (χ3v) is 4.05. The Morgan fingerprint density at radius 1 is 1.39 bits per heavy atom. The van der Waals surface area contributed by atoms with E-state index < -0.39 is 0 Å². The van der Waals surface area contributed by atoms with Crippen molar-refractivity contribution in [3.63, 3.8) is 0 Å². The Bertz CT molecular complexity index is 611. The molecular formula is C18H23ClN2O2. The van der Waals surface area contributed by atoms with E-state index in [-0.39, 0.29) is 5.91 Å². The first-order chi connectivity index (χ1) is 11.1. The van der Waals surface area contributed by atoms with Crippen LogP contribution in [0.25, 0.3) is 0 Å². The van der Waals surface area contributed by atoms with Crippen LogP contribution in [-0.2, 0) is 16.1 Å². The average molecular weight is 335 g/mol. The largest absolute Gasteiger partial charge is 0.382 e. The lowest BCUT2D eigenvalue weighted by Gasteiger charge is -2.24. The first-order valence-electron chi connectivity index (χ1n) is 7.94. The van der Waals surface area contributed by atoms with Gasteiger partial charge in [-0.1, -0.05) is 29.8 Å². The number of aliphatic imine (C=N–C) groups is 1. The molecule has 2 rings (SSSR count). The number of rotatable bonds is 8. The standard InChI is InChI=1S/C18H23ClN2O2/c1-3-23-10-6-9-21(13-15-7-4-5-8-17(15)19)18(22)16-11-14(2)20-12-16/h4-5,7-8,11H,3,6,9-10,12-13H2,1-2H3. The maximum absolute atomic E-state index is 12.8. The quantitative estimate of drug-likeness (QED) is 0.683. The highest BCUT2D eigenvalue weighted by molar-refractivity contribution is 6.31. The molecule has 0 aromatic heterocycles. The lowest BCUT2D eigenvalue weighted by atomic mass is 10.1. The second kappa shape index (κ2) is 8.85. The van der Waals surface area contributed by atoms with Crippen molar-refractivity contribution in [3.8, 4) is 0 Å². The zero-order valence-electron chi connectivity index (χ0n) is 13.7. The Hall–Kier alpha value is -1.65. The van der Waals surface area contributed by atoms with Crippen molar-refractivity contribution in [2.45, 2.75) is 26.8 Å². The molecule has 1 aromatic rings. The van der Waals surface area contributed by atoms with Crippen LogP contribution in [0, 0.1) is 0 Å². The summed E-state index contributed by atoms with van der Waals surface area (Å²) in [5.41, 5.74) is 2.60. The van der Waals surface area contributed by atoms with E-state index in [2.05, 4.69) is 4.99 Å². The number of carbonyl (C=O) groups is 1. The SMILES string of the molecule is CCOCCCN(Cc1ccccc1Cl)C(=O)C1=CC(C)=NC1. The van der Waals surface area contributed by atoms with Gasteiger partial charge < -0.3 is 9.64 Å². The van der Waals surface area contributed by atoms with Gasteiger partial charge in [0.05, 0.1) is 6.54 Å². The monoisotopic (exact) mass is 334 g/mol. The number of nitrogens with zero attached hydrogens (tertiary/aromatic N) is 2. The normalized spacial score (nSPS) is 13.7. The Balaban J connectivity index is 2.06. The molecule has 0 bridgehead atoms. The number of hydrogen-bond acceptors (Lipinski definition) is 3. The molecule has 0 fully saturated rings. The maximum Gasteiger partial charge on any atom is 0.252 e. The lowest BCUT2D eigenvalue weighted by molar-refractivity contribution is -0.127. The fourth-order valence-electron chi connectivity index (χ4n) is 2.47.